The predicted octanol–water partition coefficient (Wildman–Crippen LogP) is 4.09. The smallest absolute Gasteiger partial charge is 0.341 e. The summed E-state index contributed by atoms with van der Waals surface area (Å²) >= 11 is 6.13. The van der Waals surface area contributed by atoms with Crippen molar-refractivity contribution in [2.75, 3.05) is 19.8 Å². The van der Waals surface area contributed by atoms with E-state index in [1.165, 1.54) is 11.0 Å². The van der Waals surface area contributed by atoms with Gasteiger partial charge in [-0.05, 0) is 48.9 Å². The largest absolute Gasteiger partial charge is 0.493 e. The number of benzene rings is 2. The molecule has 4 rings (SSSR count). The molecule has 0 aliphatic rings. The number of carboxylic acid groups (broad SMARTS) is 1. The number of hydrogen-bond acceptors (Lipinski definition) is 7. The van der Waals surface area contributed by atoms with Gasteiger partial charge >= 0.3 is 5.97 Å². The fourth-order valence-corrected chi connectivity index (χ4v) is 3.22. The van der Waals surface area contributed by atoms with Gasteiger partial charge in [0.15, 0.2) is 6.61 Å². The fourth-order valence-electron chi connectivity index (χ4n) is 3.07. The van der Waals surface area contributed by atoms with Crippen molar-refractivity contribution in [3.8, 4) is 23.1 Å². The molecule has 0 fully saturated rings. The molecule has 0 bridgehead atoms. The summed E-state index contributed by atoms with van der Waals surface area (Å²) in [7, 11) is 0. The number of nitrogens with zero attached hydrogens (tertiary/aromatic N) is 4. The van der Waals surface area contributed by atoms with Crippen LogP contribution in [0.15, 0.2) is 54.7 Å². The van der Waals surface area contributed by atoms with Gasteiger partial charge in [-0.2, -0.15) is 0 Å². The minimum absolute atomic E-state index is 0.362. The average molecular weight is 469 g/mol. The number of aromatic nitrogens is 4. The Kier molecular flexibility index (Phi) is 6.89. The third kappa shape index (κ3) is 5.69. The van der Waals surface area contributed by atoms with Gasteiger partial charge in [0, 0.05) is 12.6 Å². The highest BCUT2D eigenvalue weighted by Crippen LogP contribution is 2.25. The topological polar surface area (TPSA) is 109 Å². The molecule has 4 aromatic rings. The van der Waals surface area contributed by atoms with Crippen LogP contribution < -0.4 is 14.2 Å². The van der Waals surface area contributed by atoms with E-state index in [2.05, 4.69) is 15.2 Å². The van der Waals surface area contributed by atoms with Gasteiger partial charge in [0.1, 0.15) is 28.2 Å². The highest BCUT2D eigenvalue weighted by Gasteiger charge is 2.13. The van der Waals surface area contributed by atoms with Crippen molar-refractivity contribution in [1.29, 1.82) is 0 Å². The molecular weight excluding hydrogens is 448 g/mol. The highest BCUT2D eigenvalue weighted by atomic mass is 35.5. The van der Waals surface area contributed by atoms with Crippen LogP contribution in [-0.4, -0.2) is 50.9 Å². The van der Waals surface area contributed by atoms with E-state index in [1.54, 1.807) is 24.3 Å². The van der Waals surface area contributed by atoms with Gasteiger partial charge in [0.05, 0.1) is 18.2 Å². The molecule has 1 N–H and O–H groups in total. The van der Waals surface area contributed by atoms with Crippen LogP contribution in [0.1, 0.15) is 12.0 Å². The summed E-state index contributed by atoms with van der Waals surface area (Å²) in [6.07, 6.45) is 2.12. The Hall–Kier alpha value is -3.85. The number of halogens is 1. The van der Waals surface area contributed by atoms with E-state index in [9.17, 15) is 4.79 Å². The maximum absolute atomic E-state index is 10.6. The average Bonchev–Trinajstić information content (AvgIpc) is 3.23. The molecule has 2 aromatic carbocycles. The number of aliphatic carboxylic acids is 1. The van der Waals surface area contributed by atoms with Crippen LogP contribution in [-0.2, 0) is 4.79 Å². The van der Waals surface area contributed by atoms with Gasteiger partial charge in [-0.25, -0.2) is 9.78 Å². The Balaban J connectivity index is 1.33. The lowest BCUT2D eigenvalue weighted by molar-refractivity contribution is -0.139. The minimum Gasteiger partial charge on any atom is -0.493 e. The molecular formula is C23H21ClN4O5. The van der Waals surface area contributed by atoms with Crippen molar-refractivity contribution in [3.05, 3.63) is 65.3 Å². The van der Waals surface area contributed by atoms with Gasteiger partial charge < -0.3 is 19.3 Å². The molecule has 0 radical (unpaired) electrons. The van der Waals surface area contributed by atoms with E-state index in [0.717, 1.165) is 16.6 Å². The number of carboxylic acids is 1. The van der Waals surface area contributed by atoms with Crippen molar-refractivity contribution in [3.63, 3.8) is 0 Å². The third-order valence-corrected chi connectivity index (χ3v) is 4.80. The Morgan fingerprint density at radius 1 is 1.03 bits per heavy atom. The Morgan fingerprint density at radius 2 is 1.76 bits per heavy atom. The molecule has 9 nitrogen and oxygen atoms in total. The monoisotopic (exact) mass is 468 g/mol. The van der Waals surface area contributed by atoms with Gasteiger partial charge in [0.25, 0.3) is 0 Å². The van der Waals surface area contributed by atoms with E-state index in [1.807, 2.05) is 31.2 Å². The van der Waals surface area contributed by atoms with Crippen LogP contribution in [0.5, 0.6) is 17.4 Å². The molecule has 0 saturated carbocycles. The zero-order valence-corrected chi connectivity index (χ0v) is 18.5. The van der Waals surface area contributed by atoms with E-state index >= 15 is 0 Å². The fraction of sp³-hybridized carbons (Fsp3) is 0.217. The van der Waals surface area contributed by atoms with Crippen molar-refractivity contribution in [2.24, 2.45) is 0 Å². The van der Waals surface area contributed by atoms with Crippen molar-refractivity contribution in [2.45, 2.75) is 13.3 Å². The Bertz CT molecular complexity index is 1240. The van der Waals surface area contributed by atoms with E-state index in [4.69, 9.17) is 30.9 Å². The number of fused-ring (bicyclic) bond motifs is 1. The molecule has 0 saturated heterocycles. The molecule has 170 valence electrons. The molecule has 2 heterocycles. The predicted molar refractivity (Wildman–Crippen MR) is 122 cm³/mol. The lowest BCUT2D eigenvalue weighted by Gasteiger charge is -2.12. The van der Waals surface area contributed by atoms with Crippen molar-refractivity contribution in [1.82, 2.24) is 20.0 Å². The number of pyridine rings is 1. The zero-order valence-electron chi connectivity index (χ0n) is 17.8. The minimum atomic E-state index is -1.02. The van der Waals surface area contributed by atoms with Gasteiger partial charge in [-0.15, -0.1) is 15.0 Å². The SMILES string of the molecule is Cc1cc(OCCCOc2ncc(Cl)cc2-n2nc3ccccc3n2)ccc1OCC(=O)O. The number of carbonyl (C=O) groups is 1. The van der Waals surface area contributed by atoms with E-state index in [0.29, 0.717) is 47.7 Å². The summed E-state index contributed by atoms with van der Waals surface area (Å²) in [6.45, 7) is 2.22. The van der Waals surface area contributed by atoms with Crippen molar-refractivity contribution >= 4 is 28.6 Å². The summed E-state index contributed by atoms with van der Waals surface area (Å²) in [5.41, 5.74) is 2.85. The molecule has 10 heteroatoms. The van der Waals surface area contributed by atoms with Crippen LogP contribution in [0.2, 0.25) is 5.02 Å². The first kappa shape index (κ1) is 22.3. The van der Waals surface area contributed by atoms with Gasteiger partial charge in [-0.3, -0.25) is 0 Å². The number of aryl methyl sites for hydroxylation is 1. The standard InChI is InChI=1S/C23H21ClN4O5/c1-15-11-17(7-8-21(15)33-14-22(29)30)31-9-4-10-32-23-20(12-16(24)13-25-23)28-26-18-5-2-3-6-19(18)27-28/h2-3,5-8,11-13H,4,9-10,14H2,1H3,(H,29,30). The van der Waals surface area contributed by atoms with Crippen LogP contribution in [0, 0.1) is 6.92 Å². The molecule has 0 unspecified atom stereocenters. The molecule has 0 amide bonds. The molecule has 2 aromatic heterocycles. The summed E-state index contributed by atoms with van der Waals surface area (Å²) in [6, 6.07) is 14.5. The normalized spacial score (nSPS) is 10.8. The van der Waals surface area contributed by atoms with Gasteiger partial charge in [0.2, 0.25) is 5.88 Å². The summed E-state index contributed by atoms with van der Waals surface area (Å²) in [5, 5.41) is 18.1. The maximum Gasteiger partial charge on any atom is 0.341 e. The van der Waals surface area contributed by atoms with Crippen LogP contribution in [0.4, 0.5) is 0 Å². The number of ether oxygens (including phenoxy) is 3. The zero-order chi connectivity index (χ0) is 23.2. The lowest BCUT2D eigenvalue weighted by atomic mass is 10.2. The first-order valence-electron chi connectivity index (χ1n) is 10.2. The molecule has 0 atom stereocenters. The third-order valence-electron chi connectivity index (χ3n) is 4.59. The van der Waals surface area contributed by atoms with Crippen LogP contribution in [0.25, 0.3) is 16.7 Å². The van der Waals surface area contributed by atoms with E-state index in [-0.39, 0.29) is 6.61 Å². The summed E-state index contributed by atoms with van der Waals surface area (Å²) in [4.78, 5) is 16.4. The van der Waals surface area contributed by atoms with Gasteiger partial charge in [-0.1, -0.05) is 23.7 Å². The number of rotatable bonds is 10. The molecule has 0 aliphatic carbocycles. The number of hydrogen-bond donors (Lipinski definition) is 1. The molecule has 33 heavy (non-hydrogen) atoms. The maximum atomic E-state index is 10.6. The molecule has 0 spiro atoms. The van der Waals surface area contributed by atoms with Crippen LogP contribution in [0.3, 0.4) is 0 Å². The first-order valence-corrected chi connectivity index (χ1v) is 10.6. The summed E-state index contributed by atoms with van der Waals surface area (Å²) in [5.74, 6) is 0.516. The second-order valence-electron chi connectivity index (χ2n) is 7.12. The first-order chi connectivity index (χ1) is 16.0. The highest BCUT2D eigenvalue weighted by molar-refractivity contribution is 6.30. The Labute approximate surface area is 194 Å². The second-order valence-corrected chi connectivity index (χ2v) is 7.55. The van der Waals surface area contributed by atoms with E-state index < -0.39 is 5.97 Å². The lowest BCUT2D eigenvalue weighted by Crippen LogP contribution is -2.10. The summed E-state index contributed by atoms with van der Waals surface area (Å²) < 4.78 is 16.8. The second kappa shape index (κ2) is 10.2. The quantitative estimate of drug-likeness (QED) is 0.347. The Morgan fingerprint density at radius 3 is 2.45 bits per heavy atom. The van der Waals surface area contributed by atoms with Crippen LogP contribution >= 0.6 is 11.6 Å². The van der Waals surface area contributed by atoms with Crippen molar-refractivity contribution < 1.29 is 24.1 Å². The molecule has 0 aliphatic heterocycles.